The van der Waals surface area contributed by atoms with Crippen molar-refractivity contribution in [3.05, 3.63) is 68.7 Å². The van der Waals surface area contributed by atoms with Crippen LogP contribution in [0.25, 0.3) is 0 Å². The van der Waals surface area contributed by atoms with E-state index >= 15 is 0 Å². The van der Waals surface area contributed by atoms with Gasteiger partial charge in [-0.25, -0.2) is 8.78 Å². The second kappa shape index (κ2) is 6.46. The molecule has 0 amide bonds. The molecule has 0 radical (unpaired) electrons. The predicted octanol–water partition coefficient (Wildman–Crippen LogP) is 4.74. The number of Topliss-reactive ketones (excluding diaryl/α,β-unsaturated/α-hetero) is 1. The lowest BCUT2D eigenvalue weighted by Crippen LogP contribution is -2.09. The second-order valence-corrected chi connectivity index (χ2v) is 5.66. The number of hydrogen-bond acceptors (Lipinski definition) is 1. The number of rotatable bonds is 4. The van der Waals surface area contributed by atoms with Crippen molar-refractivity contribution in [2.24, 2.45) is 0 Å². The highest BCUT2D eigenvalue weighted by molar-refractivity contribution is 9.10. The fourth-order valence-electron chi connectivity index (χ4n) is 1.85. The largest absolute Gasteiger partial charge is 0.299 e. The zero-order chi connectivity index (χ0) is 14.7. The Morgan fingerprint density at radius 2 is 1.80 bits per heavy atom. The van der Waals surface area contributed by atoms with Crippen LogP contribution in [0.2, 0.25) is 5.02 Å². The average molecular weight is 360 g/mol. The number of hydrogen-bond donors (Lipinski definition) is 0. The summed E-state index contributed by atoms with van der Waals surface area (Å²) in [5.74, 6) is -1.33. The first-order chi connectivity index (χ1) is 9.47. The molecule has 0 saturated heterocycles. The van der Waals surface area contributed by atoms with Crippen molar-refractivity contribution in [1.82, 2.24) is 0 Å². The Hall–Kier alpha value is -1.26. The maximum absolute atomic E-state index is 13.7. The number of halogens is 4. The Morgan fingerprint density at radius 3 is 2.55 bits per heavy atom. The Balaban J connectivity index is 2.13. The summed E-state index contributed by atoms with van der Waals surface area (Å²) < 4.78 is 27.9. The third-order valence-electron chi connectivity index (χ3n) is 2.81. The Morgan fingerprint density at radius 1 is 1.10 bits per heavy atom. The van der Waals surface area contributed by atoms with Crippen molar-refractivity contribution in [3.63, 3.8) is 0 Å². The Bertz CT molecular complexity index is 652. The highest BCUT2D eigenvalue weighted by atomic mass is 79.9. The van der Waals surface area contributed by atoms with Crippen LogP contribution in [-0.2, 0) is 17.6 Å². The lowest BCUT2D eigenvalue weighted by Gasteiger charge is -2.06. The summed E-state index contributed by atoms with van der Waals surface area (Å²) in [5, 5.41) is -0.0241. The van der Waals surface area contributed by atoms with Gasteiger partial charge in [0.25, 0.3) is 0 Å². The van der Waals surface area contributed by atoms with E-state index in [1.807, 2.05) is 0 Å². The van der Waals surface area contributed by atoms with Crippen LogP contribution in [0.4, 0.5) is 8.78 Å². The number of carbonyl (C=O) groups is 1. The molecule has 0 aromatic heterocycles. The van der Waals surface area contributed by atoms with Gasteiger partial charge in [-0.3, -0.25) is 4.79 Å². The molecule has 0 aliphatic rings. The van der Waals surface area contributed by atoms with Gasteiger partial charge >= 0.3 is 0 Å². The average Bonchev–Trinajstić information content (AvgIpc) is 2.39. The van der Waals surface area contributed by atoms with Gasteiger partial charge in [0.15, 0.2) is 0 Å². The van der Waals surface area contributed by atoms with Gasteiger partial charge in [-0.1, -0.05) is 39.7 Å². The molecule has 0 saturated carbocycles. The van der Waals surface area contributed by atoms with Crippen molar-refractivity contribution in [2.45, 2.75) is 12.8 Å². The quantitative estimate of drug-likeness (QED) is 0.771. The van der Waals surface area contributed by atoms with Gasteiger partial charge in [0.2, 0.25) is 0 Å². The molecule has 0 heterocycles. The van der Waals surface area contributed by atoms with Gasteiger partial charge in [-0.2, -0.15) is 0 Å². The van der Waals surface area contributed by atoms with Crippen molar-refractivity contribution >= 4 is 33.3 Å². The third kappa shape index (κ3) is 3.64. The molecular weight excluding hydrogens is 350 g/mol. The van der Waals surface area contributed by atoms with Crippen LogP contribution in [0.5, 0.6) is 0 Å². The highest BCUT2D eigenvalue weighted by Gasteiger charge is 2.13. The maximum Gasteiger partial charge on any atom is 0.145 e. The molecule has 1 nitrogen and oxygen atoms in total. The topological polar surface area (TPSA) is 17.1 Å². The van der Waals surface area contributed by atoms with Crippen LogP contribution < -0.4 is 0 Å². The molecule has 2 aromatic carbocycles. The molecule has 5 heteroatoms. The van der Waals surface area contributed by atoms with E-state index in [-0.39, 0.29) is 34.8 Å². The van der Waals surface area contributed by atoms with E-state index in [0.29, 0.717) is 4.47 Å². The van der Waals surface area contributed by atoms with Gasteiger partial charge in [0.05, 0.1) is 5.02 Å². The van der Waals surface area contributed by atoms with E-state index in [1.54, 1.807) is 18.2 Å². The number of carbonyl (C=O) groups excluding carboxylic acids is 1. The third-order valence-corrected chi connectivity index (χ3v) is 3.60. The highest BCUT2D eigenvalue weighted by Crippen LogP contribution is 2.20. The molecule has 0 N–H and O–H groups in total. The first-order valence-electron chi connectivity index (χ1n) is 5.86. The molecule has 0 unspecified atom stereocenters. The second-order valence-electron chi connectivity index (χ2n) is 4.34. The summed E-state index contributed by atoms with van der Waals surface area (Å²) in [7, 11) is 0. The van der Waals surface area contributed by atoms with Crippen molar-refractivity contribution < 1.29 is 13.6 Å². The van der Waals surface area contributed by atoms with Gasteiger partial charge in [0.1, 0.15) is 17.4 Å². The molecule has 104 valence electrons. The molecular formula is C15H10BrClF2O. The van der Waals surface area contributed by atoms with Crippen LogP contribution in [0.15, 0.2) is 40.9 Å². The predicted molar refractivity (Wildman–Crippen MR) is 77.9 cm³/mol. The van der Waals surface area contributed by atoms with Crippen LogP contribution in [0.3, 0.4) is 0 Å². The molecule has 0 aliphatic heterocycles. The molecule has 0 aliphatic carbocycles. The zero-order valence-corrected chi connectivity index (χ0v) is 12.6. The summed E-state index contributed by atoms with van der Waals surface area (Å²) in [4.78, 5) is 11.9. The zero-order valence-electron chi connectivity index (χ0n) is 10.3. The molecule has 2 rings (SSSR count). The maximum atomic E-state index is 13.7. The van der Waals surface area contributed by atoms with E-state index in [1.165, 1.54) is 18.2 Å². The van der Waals surface area contributed by atoms with E-state index in [0.717, 1.165) is 0 Å². The van der Waals surface area contributed by atoms with Crippen LogP contribution in [0.1, 0.15) is 11.1 Å². The monoisotopic (exact) mass is 358 g/mol. The van der Waals surface area contributed by atoms with Gasteiger partial charge in [-0.05, 0) is 35.4 Å². The summed E-state index contributed by atoms with van der Waals surface area (Å²) >= 11 is 8.87. The summed E-state index contributed by atoms with van der Waals surface area (Å²) in [6.07, 6.45) is -0.199. The van der Waals surface area contributed by atoms with Crippen LogP contribution >= 0.6 is 27.5 Å². The molecule has 0 atom stereocenters. The summed E-state index contributed by atoms with van der Waals surface area (Å²) in [6, 6.07) is 8.87. The van der Waals surface area contributed by atoms with Crippen molar-refractivity contribution in [1.29, 1.82) is 0 Å². The minimum Gasteiger partial charge on any atom is -0.299 e. The Labute approximate surface area is 128 Å². The standard InChI is InChI=1S/C15H10BrClF2O/c16-11-4-5-14(18)10(6-11)8-12(20)7-9-2-1-3-13(17)15(9)19/h1-6H,7-8H2. The first kappa shape index (κ1) is 15.1. The van der Waals surface area contributed by atoms with Crippen molar-refractivity contribution in [3.8, 4) is 0 Å². The minimum atomic E-state index is -0.600. The van der Waals surface area contributed by atoms with Crippen molar-refractivity contribution in [2.75, 3.05) is 0 Å². The van der Waals surface area contributed by atoms with Crippen LogP contribution in [-0.4, -0.2) is 5.78 Å². The SMILES string of the molecule is O=C(Cc1cc(Br)ccc1F)Cc1cccc(Cl)c1F. The van der Waals surface area contributed by atoms with E-state index in [4.69, 9.17) is 11.6 Å². The van der Waals surface area contributed by atoms with Gasteiger partial charge in [-0.15, -0.1) is 0 Å². The van der Waals surface area contributed by atoms with Crippen LogP contribution in [0, 0.1) is 11.6 Å². The number of ketones is 1. The summed E-state index contributed by atoms with van der Waals surface area (Å²) in [5.41, 5.74) is 0.504. The summed E-state index contributed by atoms with van der Waals surface area (Å²) in [6.45, 7) is 0. The van der Waals surface area contributed by atoms with Gasteiger partial charge < -0.3 is 0 Å². The van der Waals surface area contributed by atoms with Gasteiger partial charge in [0, 0.05) is 17.3 Å². The lowest BCUT2D eigenvalue weighted by atomic mass is 10.0. The molecule has 20 heavy (non-hydrogen) atoms. The smallest absolute Gasteiger partial charge is 0.145 e. The lowest BCUT2D eigenvalue weighted by molar-refractivity contribution is -0.117. The normalized spacial score (nSPS) is 10.6. The molecule has 0 bridgehead atoms. The fourth-order valence-corrected chi connectivity index (χ4v) is 2.45. The molecule has 0 fully saturated rings. The van der Waals surface area contributed by atoms with E-state index in [2.05, 4.69) is 15.9 Å². The molecule has 2 aromatic rings. The van der Waals surface area contributed by atoms with E-state index in [9.17, 15) is 13.6 Å². The van der Waals surface area contributed by atoms with E-state index < -0.39 is 11.6 Å². The molecule has 0 spiro atoms. The fraction of sp³-hybridized carbons (Fsp3) is 0.133. The Kier molecular flexibility index (Phi) is 4.89. The first-order valence-corrected chi connectivity index (χ1v) is 7.03. The number of benzene rings is 2. The minimum absolute atomic E-state index is 0.0241.